The van der Waals surface area contributed by atoms with Crippen LogP contribution in [-0.4, -0.2) is 12.3 Å². The van der Waals surface area contributed by atoms with Crippen molar-refractivity contribution in [2.45, 2.75) is 38.9 Å². The van der Waals surface area contributed by atoms with Crippen LogP contribution in [0.4, 0.5) is 10.5 Å². The number of urea groups is 1. The molecule has 0 heterocycles. The second-order valence-electron chi connectivity index (χ2n) is 7.26. The molecule has 0 aromatic heterocycles. The van der Waals surface area contributed by atoms with Gasteiger partial charge >= 0.3 is 6.03 Å². The zero-order chi connectivity index (χ0) is 22.1. The van der Waals surface area contributed by atoms with Gasteiger partial charge in [0.2, 0.25) is 6.29 Å². The SMILES string of the molecule is CCCCC(Oc1ccc(Cc2ccccc2)cc1)Oc1cccc(N(S)C(N)=O)c1. The molecule has 2 N–H and O–H groups in total. The molecule has 0 fully saturated rings. The van der Waals surface area contributed by atoms with Crippen molar-refractivity contribution in [3.8, 4) is 11.5 Å². The molecule has 0 saturated carbocycles. The Morgan fingerprint density at radius 2 is 1.61 bits per heavy atom. The van der Waals surface area contributed by atoms with Gasteiger partial charge in [0, 0.05) is 12.5 Å². The van der Waals surface area contributed by atoms with Crippen molar-refractivity contribution < 1.29 is 14.3 Å². The second-order valence-corrected chi connectivity index (χ2v) is 7.66. The molecule has 5 nitrogen and oxygen atoms in total. The normalized spacial score (nSPS) is 11.5. The van der Waals surface area contributed by atoms with Gasteiger partial charge in [-0.25, -0.2) is 9.10 Å². The van der Waals surface area contributed by atoms with E-state index in [1.807, 2.05) is 36.4 Å². The van der Waals surface area contributed by atoms with Crippen LogP contribution < -0.4 is 19.5 Å². The number of nitrogens with zero attached hydrogens (tertiary/aromatic N) is 1. The molecule has 0 radical (unpaired) electrons. The van der Waals surface area contributed by atoms with Gasteiger partial charge in [-0.2, -0.15) is 0 Å². The molecule has 3 aromatic rings. The van der Waals surface area contributed by atoms with Gasteiger partial charge in [-0.3, -0.25) is 0 Å². The summed E-state index contributed by atoms with van der Waals surface area (Å²) in [5.74, 6) is 1.33. The van der Waals surface area contributed by atoms with Crippen molar-refractivity contribution in [2.75, 3.05) is 4.31 Å². The minimum absolute atomic E-state index is 0.447. The summed E-state index contributed by atoms with van der Waals surface area (Å²) in [5.41, 5.74) is 8.32. The average molecular weight is 437 g/mol. The third-order valence-corrected chi connectivity index (χ3v) is 5.20. The monoisotopic (exact) mass is 436 g/mol. The molecule has 6 heteroatoms. The number of ether oxygens (including phenoxy) is 2. The van der Waals surface area contributed by atoms with Crippen LogP contribution in [0.2, 0.25) is 0 Å². The summed E-state index contributed by atoms with van der Waals surface area (Å²) < 4.78 is 13.3. The van der Waals surface area contributed by atoms with Gasteiger partial charge in [-0.05, 0) is 48.2 Å². The molecule has 1 unspecified atom stereocenters. The molecule has 0 aliphatic rings. The number of amides is 2. The van der Waals surface area contributed by atoms with Crippen molar-refractivity contribution in [1.29, 1.82) is 0 Å². The lowest BCUT2D eigenvalue weighted by Crippen LogP contribution is -2.27. The number of hydrogen-bond donors (Lipinski definition) is 2. The van der Waals surface area contributed by atoms with E-state index in [1.165, 1.54) is 11.1 Å². The van der Waals surface area contributed by atoms with Crippen molar-refractivity contribution >= 4 is 24.5 Å². The maximum Gasteiger partial charge on any atom is 0.329 e. The summed E-state index contributed by atoms with van der Waals surface area (Å²) >= 11 is 4.11. The molecule has 0 aliphatic carbocycles. The minimum Gasteiger partial charge on any atom is -0.455 e. The van der Waals surface area contributed by atoms with Crippen LogP contribution in [0.3, 0.4) is 0 Å². The summed E-state index contributed by atoms with van der Waals surface area (Å²) in [5, 5.41) is 0. The highest BCUT2D eigenvalue weighted by molar-refractivity contribution is 7.82. The van der Waals surface area contributed by atoms with E-state index in [2.05, 4.69) is 44.0 Å². The fourth-order valence-corrected chi connectivity index (χ4v) is 3.27. The van der Waals surface area contributed by atoms with Crippen LogP contribution in [-0.2, 0) is 6.42 Å². The van der Waals surface area contributed by atoms with E-state index < -0.39 is 12.3 Å². The molecule has 0 bridgehead atoms. The molecule has 31 heavy (non-hydrogen) atoms. The number of nitrogens with two attached hydrogens (primary N) is 1. The molecule has 3 aromatic carbocycles. The van der Waals surface area contributed by atoms with Crippen LogP contribution in [0.5, 0.6) is 11.5 Å². The number of thiol groups is 1. The van der Waals surface area contributed by atoms with Gasteiger partial charge in [0.05, 0.1) is 5.69 Å². The van der Waals surface area contributed by atoms with Crippen molar-refractivity contribution in [3.05, 3.63) is 90.0 Å². The maximum atomic E-state index is 11.4. The smallest absolute Gasteiger partial charge is 0.329 e. The highest BCUT2D eigenvalue weighted by atomic mass is 32.1. The number of carbonyl (C=O) groups excluding carboxylic acids is 1. The number of benzene rings is 3. The van der Waals surface area contributed by atoms with E-state index in [0.29, 0.717) is 11.4 Å². The van der Waals surface area contributed by atoms with Gasteiger partial charge in [-0.1, -0.05) is 74.7 Å². The van der Waals surface area contributed by atoms with Crippen molar-refractivity contribution in [3.63, 3.8) is 0 Å². The average Bonchev–Trinajstić information content (AvgIpc) is 2.79. The Hall–Kier alpha value is -3.12. The zero-order valence-electron chi connectivity index (χ0n) is 17.6. The predicted octanol–water partition coefficient (Wildman–Crippen LogP) is 5.98. The van der Waals surface area contributed by atoms with Crippen LogP contribution in [0.25, 0.3) is 0 Å². The molecule has 1 atom stereocenters. The first-order valence-corrected chi connectivity index (χ1v) is 10.8. The predicted molar refractivity (Wildman–Crippen MR) is 128 cm³/mol. The van der Waals surface area contributed by atoms with Gasteiger partial charge in [-0.15, -0.1) is 0 Å². The number of hydrogen-bond acceptors (Lipinski definition) is 4. The fourth-order valence-electron chi connectivity index (χ4n) is 3.15. The van der Waals surface area contributed by atoms with E-state index in [1.54, 1.807) is 18.2 Å². The van der Waals surface area contributed by atoms with E-state index >= 15 is 0 Å². The minimum atomic E-state index is -0.658. The lowest BCUT2D eigenvalue weighted by molar-refractivity contribution is -0.00208. The van der Waals surface area contributed by atoms with Gasteiger partial charge in [0.1, 0.15) is 11.5 Å². The molecular formula is C25H28N2O3S. The van der Waals surface area contributed by atoms with Crippen molar-refractivity contribution in [1.82, 2.24) is 0 Å². The Balaban J connectivity index is 1.67. The number of unbranched alkanes of at least 4 members (excludes halogenated alkanes) is 1. The van der Waals surface area contributed by atoms with Crippen LogP contribution in [0.15, 0.2) is 78.9 Å². The summed E-state index contributed by atoms with van der Waals surface area (Å²) in [6, 6.07) is 24.8. The fraction of sp³-hybridized carbons (Fsp3) is 0.240. The number of rotatable bonds is 10. The summed E-state index contributed by atoms with van der Waals surface area (Å²) in [6.07, 6.45) is 3.18. The first-order chi connectivity index (χ1) is 15.0. The molecular weight excluding hydrogens is 408 g/mol. The Kier molecular flexibility index (Phi) is 8.24. The molecule has 2 amide bonds. The van der Waals surface area contributed by atoms with Gasteiger partial charge in [0.25, 0.3) is 0 Å². The lowest BCUT2D eigenvalue weighted by Gasteiger charge is -2.21. The Morgan fingerprint density at radius 1 is 0.935 bits per heavy atom. The van der Waals surface area contributed by atoms with Crippen molar-refractivity contribution in [2.24, 2.45) is 5.73 Å². The van der Waals surface area contributed by atoms with Gasteiger partial charge in [0.15, 0.2) is 0 Å². The Morgan fingerprint density at radius 3 is 2.29 bits per heavy atom. The second kappa shape index (κ2) is 11.3. The van der Waals surface area contributed by atoms with E-state index in [0.717, 1.165) is 35.7 Å². The summed E-state index contributed by atoms with van der Waals surface area (Å²) in [4.78, 5) is 11.4. The third kappa shape index (κ3) is 6.96. The first-order valence-electron chi connectivity index (χ1n) is 10.4. The standard InChI is InChI=1S/C25H28N2O3S/c1-2-3-12-24(30-23-11-7-10-21(18-23)27(31)25(26)28)29-22-15-13-20(14-16-22)17-19-8-5-4-6-9-19/h4-11,13-16,18,24,31H,2-3,12,17H2,1H3,(H2,26,28). The van der Waals surface area contributed by atoms with E-state index in [-0.39, 0.29) is 0 Å². The Labute approximate surface area is 189 Å². The number of carbonyl (C=O) groups is 1. The van der Waals surface area contributed by atoms with E-state index in [4.69, 9.17) is 15.2 Å². The topological polar surface area (TPSA) is 64.8 Å². The highest BCUT2D eigenvalue weighted by Gasteiger charge is 2.14. The molecule has 0 saturated heterocycles. The third-order valence-electron chi connectivity index (χ3n) is 4.77. The van der Waals surface area contributed by atoms with Crippen LogP contribution in [0, 0.1) is 0 Å². The van der Waals surface area contributed by atoms with Crippen LogP contribution >= 0.6 is 12.8 Å². The van der Waals surface area contributed by atoms with Crippen LogP contribution in [0.1, 0.15) is 37.3 Å². The zero-order valence-corrected chi connectivity index (χ0v) is 18.5. The molecule has 162 valence electrons. The first kappa shape index (κ1) is 22.6. The highest BCUT2D eigenvalue weighted by Crippen LogP contribution is 2.25. The summed E-state index contributed by atoms with van der Waals surface area (Å²) in [7, 11) is 0. The molecule has 3 rings (SSSR count). The quantitative estimate of drug-likeness (QED) is 0.303. The van der Waals surface area contributed by atoms with Gasteiger partial charge < -0.3 is 15.2 Å². The Bertz CT molecular complexity index is 964. The largest absolute Gasteiger partial charge is 0.455 e. The number of primary amides is 1. The van der Waals surface area contributed by atoms with E-state index in [9.17, 15) is 4.79 Å². The lowest BCUT2D eigenvalue weighted by atomic mass is 10.1. The molecule has 0 aliphatic heterocycles. The number of anilines is 1. The maximum absolute atomic E-state index is 11.4. The summed E-state index contributed by atoms with van der Waals surface area (Å²) in [6.45, 7) is 2.13. The molecule has 0 spiro atoms.